The fourth-order valence-corrected chi connectivity index (χ4v) is 6.78. The number of thiophene rings is 1. The molecule has 2 aliphatic heterocycles. The zero-order chi connectivity index (χ0) is 25.4. The lowest BCUT2D eigenvalue weighted by atomic mass is 9.83. The van der Waals surface area contributed by atoms with E-state index in [1.165, 1.54) is 37.3 Å². The van der Waals surface area contributed by atoms with E-state index in [9.17, 15) is 22.8 Å². The molecule has 2 unspecified atom stereocenters. The summed E-state index contributed by atoms with van der Waals surface area (Å²) in [7, 11) is -4.00. The van der Waals surface area contributed by atoms with E-state index in [1.54, 1.807) is 22.0 Å². The third-order valence-corrected chi connectivity index (χ3v) is 8.85. The summed E-state index contributed by atoms with van der Waals surface area (Å²) in [6, 6.07) is 12.9. The van der Waals surface area contributed by atoms with Crippen LogP contribution in [0.3, 0.4) is 0 Å². The van der Waals surface area contributed by atoms with Gasteiger partial charge in [0.15, 0.2) is 0 Å². The zero-order valence-corrected chi connectivity index (χ0v) is 21.3. The van der Waals surface area contributed by atoms with Crippen LogP contribution in [-0.4, -0.2) is 42.8 Å². The maximum atomic E-state index is 13.3. The van der Waals surface area contributed by atoms with Crippen molar-refractivity contribution >= 4 is 44.5 Å². The first-order chi connectivity index (χ1) is 17.2. The van der Waals surface area contributed by atoms with E-state index >= 15 is 0 Å². The van der Waals surface area contributed by atoms with E-state index in [0.717, 1.165) is 17.0 Å². The van der Waals surface area contributed by atoms with Gasteiger partial charge in [0.2, 0.25) is 11.8 Å². The topological polar surface area (TPSA) is 118 Å². The largest absolute Gasteiger partial charge is 0.341 e. The average Bonchev–Trinajstić information content (AvgIpc) is 3.34. The molecular weight excluding hydrogens is 500 g/mol. The number of anilines is 2. The molecule has 11 heteroatoms. The highest BCUT2D eigenvalue weighted by molar-refractivity contribution is 7.92. The number of hydrogen-bond donors (Lipinski definition) is 2. The second-order valence-electron chi connectivity index (χ2n) is 9.25. The summed E-state index contributed by atoms with van der Waals surface area (Å²) in [5.41, 5.74) is 0.895. The Balaban J connectivity index is 1.34. The van der Waals surface area contributed by atoms with Crippen molar-refractivity contribution in [1.82, 2.24) is 9.47 Å². The van der Waals surface area contributed by atoms with Crippen LogP contribution < -0.4 is 15.6 Å². The summed E-state index contributed by atoms with van der Waals surface area (Å²) in [5.74, 6) is 0.00120. The molecule has 3 aromatic rings. The number of pyridine rings is 1. The molecule has 2 aliphatic rings. The second kappa shape index (κ2) is 9.55. The predicted molar refractivity (Wildman–Crippen MR) is 138 cm³/mol. The molecule has 1 fully saturated rings. The maximum absolute atomic E-state index is 13.3. The van der Waals surface area contributed by atoms with Gasteiger partial charge in [-0.1, -0.05) is 6.07 Å². The van der Waals surface area contributed by atoms with Crippen molar-refractivity contribution in [3.05, 3.63) is 74.8 Å². The molecule has 2 N–H and O–H groups in total. The Labute approximate surface area is 212 Å². The maximum Gasteiger partial charge on any atom is 0.275 e. The summed E-state index contributed by atoms with van der Waals surface area (Å²) < 4.78 is 29.9. The van der Waals surface area contributed by atoms with Gasteiger partial charge >= 0.3 is 0 Å². The number of piperidine rings is 1. The average molecular weight is 527 g/mol. The number of nitrogens with zero attached hydrogens (tertiary/aromatic N) is 2. The van der Waals surface area contributed by atoms with Crippen LogP contribution in [0.2, 0.25) is 0 Å². The van der Waals surface area contributed by atoms with Crippen molar-refractivity contribution < 1.29 is 18.0 Å². The van der Waals surface area contributed by atoms with E-state index in [0.29, 0.717) is 31.7 Å². The summed E-state index contributed by atoms with van der Waals surface area (Å²) in [6.07, 6.45) is 1.28. The Hall–Kier alpha value is -3.44. The number of carbonyl (C=O) groups excluding carboxylic acids is 2. The van der Waals surface area contributed by atoms with E-state index in [1.807, 2.05) is 22.4 Å². The Bertz CT molecular complexity index is 1460. The number of benzene rings is 1. The number of sulfonamides is 1. The molecule has 4 heterocycles. The Morgan fingerprint density at radius 2 is 1.83 bits per heavy atom. The lowest BCUT2D eigenvalue weighted by Crippen LogP contribution is -2.49. The molecule has 9 nitrogen and oxygen atoms in total. The highest BCUT2D eigenvalue weighted by Gasteiger charge is 2.36. The Kier molecular flexibility index (Phi) is 6.44. The minimum Gasteiger partial charge on any atom is -0.341 e. The number of aromatic nitrogens is 1. The van der Waals surface area contributed by atoms with Crippen molar-refractivity contribution in [2.45, 2.75) is 37.1 Å². The third kappa shape index (κ3) is 4.93. The van der Waals surface area contributed by atoms with E-state index in [4.69, 9.17) is 0 Å². The van der Waals surface area contributed by atoms with E-state index in [-0.39, 0.29) is 39.8 Å². The highest BCUT2D eigenvalue weighted by Crippen LogP contribution is 2.36. The first-order valence-electron chi connectivity index (χ1n) is 11.6. The zero-order valence-electron chi connectivity index (χ0n) is 19.6. The predicted octanol–water partition coefficient (Wildman–Crippen LogP) is 2.86. The van der Waals surface area contributed by atoms with Gasteiger partial charge in [0, 0.05) is 48.7 Å². The minimum absolute atomic E-state index is 0.0181. The van der Waals surface area contributed by atoms with Crippen LogP contribution in [0.4, 0.5) is 11.4 Å². The first-order valence-corrected chi connectivity index (χ1v) is 14.0. The smallest absolute Gasteiger partial charge is 0.275 e. The van der Waals surface area contributed by atoms with Gasteiger partial charge in [-0.05, 0) is 60.2 Å². The quantitative estimate of drug-likeness (QED) is 0.512. The number of nitrogens with one attached hydrogen (secondary N) is 2. The monoisotopic (exact) mass is 526 g/mol. The van der Waals surface area contributed by atoms with Crippen molar-refractivity contribution in [3.8, 4) is 0 Å². The molecule has 36 heavy (non-hydrogen) atoms. The number of hydrogen-bond acceptors (Lipinski definition) is 6. The molecule has 0 radical (unpaired) electrons. The van der Waals surface area contributed by atoms with Crippen LogP contribution in [0.1, 0.15) is 29.8 Å². The number of fused-ring (bicyclic) bond motifs is 4. The molecule has 2 aromatic heterocycles. The lowest BCUT2D eigenvalue weighted by Gasteiger charge is -2.43. The molecule has 5 rings (SSSR count). The number of amides is 2. The SMILES string of the molecule is CC(=O)Nc1ccc(S(=O)(=O)Nc2ccc3n(c2=O)CC2CC3CN(C(=O)Cc3cccs3)C2)cc1. The summed E-state index contributed by atoms with van der Waals surface area (Å²) >= 11 is 1.57. The fourth-order valence-electron chi connectivity index (χ4n) is 5.03. The molecule has 1 saturated heterocycles. The molecule has 0 saturated carbocycles. The third-order valence-electron chi connectivity index (χ3n) is 6.59. The molecule has 0 aliphatic carbocycles. The minimum atomic E-state index is -4.00. The van der Waals surface area contributed by atoms with Gasteiger partial charge in [-0.15, -0.1) is 11.3 Å². The molecule has 0 spiro atoms. The first kappa shape index (κ1) is 24.3. The van der Waals surface area contributed by atoms with Gasteiger partial charge in [0.05, 0.1) is 11.3 Å². The molecular formula is C25H26N4O5S2. The number of carbonyl (C=O) groups is 2. The Morgan fingerprint density at radius 3 is 2.53 bits per heavy atom. The van der Waals surface area contributed by atoms with Gasteiger partial charge in [-0.2, -0.15) is 0 Å². The summed E-state index contributed by atoms with van der Waals surface area (Å²) in [4.78, 5) is 40.2. The second-order valence-corrected chi connectivity index (χ2v) is 12.0. The molecule has 2 amide bonds. The summed E-state index contributed by atoms with van der Waals surface area (Å²) in [5, 5.41) is 4.55. The fraction of sp³-hybridized carbons (Fsp3) is 0.320. The van der Waals surface area contributed by atoms with Crippen molar-refractivity contribution in [3.63, 3.8) is 0 Å². The normalized spacial score (nSPS) is 18.9. The van der Waals surface area contributed by atoms with Gasteiger partial charge < -0.3 is 14.8 Å². The molecule has 188 valence electrons. The Morgan fingerprint density at radius 1 is 1.06 bits per heavy atom. The van der Waals surface area contributed by atoms with Crippen LogP contribution in [0, 0.1) is 5.92 Å². The van der Waals surface area contributed by atoms with Gasteiger partial charge in [-0.3, -0.25) is 19.1 Å². The molecule has 2 atom stereocenters. The number of likely N-dealkylation sites (tertiary alicyclic amines) is 1. The van der Waals surface area contributed by atoms with Crippen LogP contribution in [0.15, 0.2) is 63.6 Å². The highest BCUT2D eigenvalue weighted by atomic mass is 32.2. The lowest BCUT2D eigenvalue weighted by molar-refractivity contribution is -0.133. The molecule has 1 aromatic carbocycles. The van der Waals surface area contributed by atoms with Crippen molar-refractivity contribution in [2.24, 2.45) is 5.92 Å². The van der Waals surface area contributed by atoms with Gasteiger partial charge in [0.1, 0.15) is 5.69 Å². The van der Waals surface area contributed by atoms with Crippen molar-refractivity contribution in [2.75, 3.05) is 23.1 Å². The summed E-state index contributed by atoms with van der Waals surface area (Å²) in [6.45, 7) is 2.94. The van der Waals surface area contributed by atoms with Crippen LogP contribution in [0.25, 0.3) is 0 Å². The van der Waals surface area contributed by atoms with E-state index in [2.05, 4.69) is 10.0 Å². The van der Waals surface area contributed by atoms with Crippen molar-refractivity contribution in [1.29, 1.82) is 0 Å². The number of rotatable bonds is 6. The molecule has 2 bridgehead atoms. The van der Waals surface area contributed by atoms with Crippen LogP contribution >= 0.6 is 11.3 Å². The van der Waals surface area contributed by atoms with Gasteiger partial charge in [-0.25, -0.2) is 8.42 Å². The standard InChI is InChI=1S/C25H26N4O5S2/c1-16(30)26-19-4-6-21(7-5-19)36(33,34)27-22-8-9-23-18-11-17(14-29(23)25(22)32)13-28(15-18)24(31)12-20-3-2-10-35-20/h2-10,17-18,27H,11-15H2,1H3,(H,26,30). The van der Waals surface area contributed by atoms with Gasteiger partial charge in [0.25, 0.3) is 15.6 Å². The van der Waals surface area contributed by atoms with Crippen LogP contribution in [0.5, 0.6) is 0 Å². The van der Waals surface area contributed by atoms with E-state index < -0.39 is 10.0 Å². The van der Waals surface area contributed by atoms with Crippen LogP contribution in [-0.2, 0) is 32.6 Å².